The molecule has 0 aromatic heterocycles. The molecule has 1 fully saturated rings. The number of hydrogen-bond acceptors (Lipinski definition) is 3. The summed E-state index contributed by atoms with van der Waals surface area (Å²) in [5.74, 6) is 1.12. The molecular weight excluding hydrogens is 250 g/mol. The fourth-order valence-electron chi connectivity index (χ4n) is 3.10. The molecule has 1 aliphatic heterocycles. The summed E-state index contributed by atoms with van der Waals surface area (Å²) in [6.07, 6.45) is 5.83. The number of amides is 1. The van der Waals surface area contributed by atoms with Gasteiger partial charge in [-0.05, 0) is 38.1 Å². The number of nitrogens with one attached hydrogen (secondary N) is 1. The van der Waals surface area contributed by atoms with Crippen LogP contribution < -0.4 is 11.1 Å². The van der Waals surface area contributed by atoms with Gasteiger partial charge in [-0.1, -0.05) is 27.2 Å². The van der Waals surface area contributed by atoms with Gasteiger partial charge in [-0.15, -0.1) is 0 Å². The molecule has 1 amide bonds. The Hall–Kier alpha value is -0.610. The van der Waals surface area contributed by atoms with E-state index in [-0.39, 0.29) is 11.8 Å². The van der Waals surface area contributed by atoms with Gasteiger partial charge in [0.1, 0.15) is 0 Å². The van der Waals surface area contributed by atoms with Crippen LogP contribution in [0.5, 0.6) is 0 Å². The molecule has 3 atom stereocenters. The van der Waals surface area contributed by atoms with Crippen LogP contribution in [0, 0.1) is 11.8 Å². The van der Waals surface area contributed by atoms with Gasteiger partial charge in [0, 0.05) is 25.7 Å². The van der Waals surface area contributed by atoms with Crippen molar-refractivity contribution in [1.29, 1.82) is 0 Å². The van der Waals surface area contributed by atoms with Crippen LogP contribution in [0.2, 0.25) is 0 Å². The zero-order valence-corrected chi connectivity index (χ0v) is 13.5. The molecule has 3 unspecified atom stereocenters. The molecular formula is C16H33N3O. The van der Waals surface area contributed by atoms with Gasteiger partial charge >= 0.3 is 0 Å². The largest absolute Gasteiger partial charge is 0.355 e. The minimum atomic E-state index is 0.154. The van der Waals surface area contributed by atoms with Gasteiger partial charge in [0.25, 0.3) is 0 Å². The van der Waals surface area contributed by atoms with E-state index in [9.17, 15) is 4.79 Å². The second-order valence-electron chi connectivity index (χ2n) is 6.22. The van der Waals surface area contributed by atoms with Gasteiger partial charge < -0.3 is 11.1 Å². The van der Waals surface area contributed by atoms with Crippen molar-refractivity contribution >= 4 is 5.91 Å². The maximum Gasteiger partial charge on any atom is 0.224 e. The Bertz CT molecular complexity index is 283. The number of nitrogens with zero attached hydrogens (tertiary/aromatic N) is 1. The Balaban J connectivity index is 2.51. The van der Waals surface area contributed by atoms with E-state index in [1.165, 1.54) is 19.3 Å². The van der Waals surface area contributed by atoms with E-state index < -0.39 is 0 Å². The lowest BCUT2D eigenvalue weighted by atomic mass is 9.91. The number of hydrogen-bond donors (Lipinski definition) is 2. The molecule has 4 heteroatoms. The van der Waals surface area contributed by atoms with Crippen molar-refractivity contribution in [2.24, 2.45) is 17.6 Å². The topological polar surface area (TPSA) is 58.4 Å². The molecule has 1 saturated heterocycles. The minimum Gasteiger partial charge on any atom is -0.355 e. The van der Waals surface area contributed by atoms with Gasteiger partial charge in [0.05, 0.1) is 5.92 Å². The van der Waals surface area contributed by atoms with E-state index in [4.69, 9.17) is 5.73 Å². The summed E-state index contributed by atoms with van der Waals surface area (Å²) in [6, 6.07) is 0.634. The number of carbonyl (C=O) groups excluding carboxylic acids is 1. The molecule has 0 aromatic rings. The highest BCUT2D eigenvalue weighted by Crippen LogP contribution is 2.24. The average Bonchev–Trinajstić information content (AvgIpc) is 2.49. The molecule has 1 heterocycles. The normalized spacial score (nSPS) is 23.3. The molecule has 1 rings (SSSR count). The third kappa shape index (κ3) is 5.41. The molecule has 0 radical (unpaired) electrons. The minimum absolute atomic E-state index is 0.154. The Morgan fingerprint density at radius 2 is 2.15 bits per heavy atom. The predicted octanol–water partition coefficient (Wildman–Crippen LogP) is 1.99. The number of likely N-dealkylation sites (tertiary alicyclic amines) is 1. The number of rotatable bonds is 8. The summed E-state index contributed by atoms with van der Waals surface area (Å²) in [6.45, 7) is 10.0. The van der Waals surface area contributed by atoms with E-state index in [0.29, 0.717) is 19.1 Å². The highest BCUT2D eigenvalue weighted by atomic mass is 16.1. The van der Waals surface area contributed by atoms with Crippen LogP contribution in [0.25, 0.3) is 0 Å². The van der Waals surface area contributed by atoms with Crippen molar-refractivity contribution in [3.05, 3.63) is 0 Å². The molecule has 3 N–H and O–H groups in total. The standard InChI is InChI=1S/C16H33N3O/c1-4-13(3)11-15(5-2)19-10-6-7-14(12-19)16(20)18-9-8-17/h13-15H,4-12,17H2,1-3H3,(H,18,20). The van der Waals surface area contributed by atoms with Crippen LogP contribution in [-0.2, 0) is 4.79 Å². The average molecular weight is 283 g/mol. The molecule has 0 bridgehead atoms. The first-order valence-electron chi connectivity index (χ1n) is 8.34. The molecule has 0 saturated carbocycles. The van der Waals surface area contributed by atoms with E-state index in [2.05, 4.69) is 31.0 Å². The molecule has 118 valence electrons. The monoisotopic (exact) mass is 283 g/mol. The van der Waals surface area contributed by atoms with E-state index >= 15 is 0 Å². The van der Waals surface area contributed by atoms with Gasteiger partial charge in [0.15, 0.2) is 0 Å². The quantitative estimate of drug-likeness (QED) is 0.716. The highest BCUT2D eigenvalue weighted by Gasteiger charge is 2.29. The third-order valence-electron chi connectivity index (χ3n) is 4.63. The Morgan fingerprint density at radius 3 is 2.75 bits per heavy atom. The van der Waals surface area contributed by atoms with Crippen molar-refractivity contribution in [3.8, 4) is 0 Å². The number of carbonyl (C=O) groups is 1. The lowest BCUT2D eigenvalue weighted by molar-refractivity contribution is -0.127. The summed E-state index contributed by atoms with van der Waals surface area (Å²) in [5, 5.41) is 2.94. The first-order chi connectivity index (χ1) is 9.62. The predicted molar refractivity (Wildman–Crippen MR) is 84.5 cm³/mol. The summed E-state index contributed by atoms with van der Waals surface area (Å²) < 4.78 is 0. The first kappa shape index (κ1) is 17.4. The van der Waals surface area contributed by atoms with Gasteiger partial charge in [-0.25, -0.2) is 0 Å². The zero-order chi connectivity index (χ0) is 15.0. The number of piperidine rings is 1. The molecule has 0 aliphatic carbocycles. The second-order valence-corrected chi connectivity index (χ2v) is 6.22. The smallest absolute Gasteiger partial charge is 0.224 e. The van der Waals surface area contributed by atoms with Crippen molar-refractivity contribution in [3.63, 3.8) is 0 Å². The summed E-state index contributed by atoms with van der Waals surface area (Å²) in [5.41, 5.74) is 5.45. The first-order valence-corrected chi connectivity index (χ1v) is 8.34. The van der Waals surface area contributed by atoms with Crippen molar-refractivity contribution in [1.82, 2.24) is 10.2 Å². The highest BCUT2D eigenvalue weighted by molar-refractivity contribution is 5.78. The van der Waals surface area contributed by atoms with Crippen molar-refractivity contribution < 1.29 is 4.79 Å². The summed E-state index contributed by atoms with van der Waals surface area (Å²) in [4.78, 5) is 14.6. The zero-order valence-electron chi connectivity index (χ0n) is 13.5. The van der Waals surface area contributed by atoms with Crippen LogP contribution in [0.3, 0.4) is 0 Å². The maximum absolute atomic E-state index is 12.1. The summed E-state index contributed by atoms with van der Waals surface area (Å²) in [7, 11) is 0. The van der Waals surface area contributed by atoms with E-state index in [1.54, 1.807) is 0 Å². The molecule has 0 spiro atoms. The Morgan fingerprint density at radius 1 is 1.40 bits per heavy atom. The van der Waals surface area contributed by atoms with Crippen LogP contribution in [0.15, 0.2) is 0 Å². The fourth-order valence-corrected chi connectivity index (χ4v) is 3.10. The van der Waals surface area contributed by atoms with Gasteiger partial charge in [0.2, 0.25) is 5.91 Å². The number of nitrogens with two attached hydrogens (primary N) is 1. The Kier molecular flexibility index (Phi) is 8.15. The van der Waals surface area contributed by atoms with Crippen molar-refractivity contribution in [2.75, 3.05) is 26.2 Å². The maximum atomic E-state index is 12.1. The molecule has 20 heavy (non-hydrogen) atoms. The molecule has 1 aliphatic rings. The van der Waals surface area contributed by atoms with Crippen molar-refractivity contribution in [2.45, 2.75) is 58.9 Å². The molecule has 0 aromatic carbocycles. The lowest BCUT2D eigenvalue weighted by Gasteiger charge is -2.38. The molecule has 4 nitrogen and oxygen atoms in total. The van der Waals surface area contributed by atoms with E-state index in [0.717, 1.165) is 31.8 Å². The fraction of sp³-hybridized carbons (Fsp3) is 0.938. The second kappa shape index (κ2) is 9.35. The van der Waals surface area contributed by atoms with Crippen LogP contribution in [0.4, 0.5) is 0 Å². The summed E-state index contributed by atoms with van der Waals surface area (Å²) >= 11 is 0. The van der Waals surface area contributed by atoms with Crippen LogP contribution in [-0.4, -0.2) is 43.0 Å². The van der Waals surface area contributed by atoms with Crippen LogP contribution in [0.1, 0.15) is 52.9 Å². The Labute approximate surface area is 124 Å². The van der Waals surface area contributed by atoms with E-state index in [1.807, 2.05) is 0 Å². The lowest BCUT2D eigenvalue weighted by Crippen LogP contribution is -2.48. The SMILES string of the molecule is CCC(C)CC(CC)N1CCCC(C(=O)NCCN)C1. The third-order valence-corrected chi connectivity index (χ3v) is 4.63. The van der Waals surface area contributed by atoms with Gasteiger partial charge in [-0.3, -0.25) is 9.69 Å². The van der Waals surface area contributed by atoms with Gasteiger partial charge in [-0.2, -0.15) is 0 Å². The van der Waals surface area contributed by atoms with Crippen LogP contribution >= 0.6 is 0 Å².